The van der Waals surface area contributed by atoms with Crippen molar-refractivity contribution in [1.82, 2.24) is 9.55 Å². The largest absolute Gasteiger partial charge is 0.295 e. The molecule has 0 saturated carbocycles. The van der Waals surface area contributed by atoms with Crippen LogP contribution in [0.3, 0.4) is 0 Å². The number of halogens is 4. The number of aromatic nitrogens is 2. The molecule has 1 aromatic heterocycles. The molecule has 1 heterocycles. The van der Waals surface area contributed by atoms with Crippen molar-refractivity contribution >= 4 is 66.1 Å². The van der Waals surface area contributed by atoms with Crippen LogP contribution < -0.4 is 0 Å². The smallest absolute Gasteiger partial charge is 0.115 e. The average molecular weight is 449 g/mol. The van der Waals surface area contributed by atoms with Crippen LogP contribution in [0.25, 0.3) is 16.7 Å². The summed E-state index contributed by atoms with van der Waals surface area (Å²) in [5, 5.41) is 0.690. The Morgan fingerprint density at radius 2 is 1.90 bits per heavy atom. The monoisotopic (exact) mass is 446 g/mol. The molecule has 0 spiro atoms. The van der Waals surface area contributed by atoms with Crippen molar-refractivity contribution in [3.05, 3.63) is 56.2 Å². The first-order chi connectivity index (χ1) is 10.1. The van der Waals surface area contributed by atoms with E-state index < -0.39 is 0 Å². The van der Waals surface area contributed by atoms with Crippen LogP contribution >= 0.6 is 55.1 Å². The zero-order valence-corrected chi connectivity index (χ0v) is 15.5. The van der Waals surface area contributed by atoms with E-state index in [9.17, 15) is 0 Å². The molecule has 0 unspecified atom stereocenters. The van der Waals surface area contributed by atoms with Gasteiger partial charge >= 0.3 is 0 Å². The quantitative estimate of drug-likeness (QED) is 0.450. The summed E-state index contributed by atoms with van der Waals surface area (Å²) < 4.78 is 4.05. The summed E-state index contributed by atoms with van der Waals surface area (Å²) >= 11 is 19.1. The molecular formula is C15H10Br2Cl2N2. The molecule has 21 heavy (non-hydrogen) atoms. The molecule has 2 nitrogen and oxygen atoms in total. The Hall–Kier alpha value is -0.550. The normalized spacial score (nSPS) is 11.2. The van der Waals surface area contributed by atoms with E-state index in [1.807, 2.05) is 30.3 Å². The van der Waals surface area contributed by atoms with Crippen molar-refractivity contribution < 1.29 is 0 Å². The van der Waals surface area contributed by atoms with Gasteiger partial charge < -0.3 is 0 Å². The zero-order valence-electron chi connectivity index (χ0n) is 10.8. The van der Waals surface area contributed by atoms with E-state index in [2.05, 4.69) is 47.5 Å². The van der Waals surface area contributed by atoms with Gasteiger partial charge in [-0.3, -0.25) is 4.57 Å². The number of aryl methyl sites for hydroxylation is 1. The summed E-state index contributed by atoms with van der Waals surface area (Å²) in [5.74, 6) is 1.46. The molecule has 0 aliphatic carbocycles. The predicted octanol–water partition coefficient (Wildman–Crippen LogP) is 5.99. The summed E-state index contributed by atoms with van der Waals surface area (Å²) in [6.07, 6.45) is 0.697. The molecule has 0 bridgehead atoms. The minimum atomic E-state index is 0.524. The molecule has 0 amide bonds. The van der Waals surface area contributed by atoms with Gasteiger partial charge in [-0.05, 0) is 52.3 Å². The Morgan fingerprint density at radius 1 is 1.10 bits per heavy atom. The Morgan fingerprint density at radius 3 is 2.62 bits per heavy atom. The maximum atomic E-state index is 6.04. The van der Waals surface area contributed by atoms with Gasteiger partial charge in [0.2, 0.25) is 0 Å². The molecule has 0 aliphatic heterocycles. The summed E-state index contributed by atoms with van der Waals surface area (Å²) in [4.78, 5) is 4.69. The molecule has 0 fully saturated rings. The number of rotatable bonds is 3. The highest BCUT2D eigenvalue weighted by molar-refractivity contribution is 9.10. The fraction of sp³-hybridized carbons (Fsp3) is 0.133. The van der Waals surface area contributed by atoms with E-state index in [0.29, 0.717) is 17.3 Å². The van der Waals surface area contributed by atoms with Crippen molar-refractivity contribution in [2.24, 2.45) is 0 Å². The van der Waals surface area contributed by atoms with Crippen LogP contribution in [0.1, 0.15) is 5.82 Å². The first-order valence-electron chi connectivity index (χ1n) is 6.28. The van der Waals surface area contributed by atoms with Gasteiger partial charge in [-0.15, -0.1) is 11.6 Å². The van der Waals surface area contributed by atoms with Gasteiger partial charge in [-0.2, -0.15) is 0 Å². The number of nitrogens with zero attached hydrogens (tertiary/aromatic N) is 2. The molecule has 0 atom stereocenters. The van der Waals surface area contributed by atoms with Gasteiger partial charge in [-0.25, -0.2) is 4.98 Å². The van der Waals surface area contributed by atoms with E-state index in [0.717, 1.165) is 31.5 Å². The number of hydrogen-bond acceptors (Lipinski definition) is 1. The first kappa shape index (κ1) is 15.3. The molecular weight excluding hydrogens is 439 g/mol. The minimum absolute atomic E-state index is 0.524. The average Bonchev–Trinajstić information content (AvgIpc) is 2.77. The lowest BCUT2D eigenvalue weighted by Crippen LogP contribution is -2.03. The van der Waals surface area contributed by atoms with Crippen molar-refractivity contribution in [2.45, 2.75) is 6.42 Å². The van der Waals surface area contributed by atoms with E-state index in [-0.39, 0.29) is 0 Å². The zero-order chi connectivity index (χ0) is 15.0. The van der Waals surface area contributed by atoms with E-state index in [1.165, 1.54) is 0 Å². The van der Waals surface area contributed by atoms with Crippen LogP contribution in [0.2, 0.25) is 5.02 Å². The van der Waals surface area contributed by atoms with Crippen LogP contribution in [0, 0.1) is 0 Å². The van der Waals surface area contributed by atoms with Crippen LogP contribution in [-0.4, -0.2) is 15.4 Å². The minimum Gasteiger partial charge on any atom is -0.295 e. The Labute approximate surface area is 149 Å². The van der Waals surface area contributed by atoms with E-state index >= 15 is 0 Å². The van der Waals surface area contributed by atoms with Gasteiger partial charge in [-0.1, -0.05) is 27.5 Å². The molecule has 0 aliphatic rings. The first-order valence-corrected chi connectivity index (χ1v) is 8.78. The standard InChI is InChI=1S/C15H10Br2Cl2N2/c16-9-1-3-12-14(7-9)21(15(20-12)5-6-18)13-4-2-10(19)8-11(13)17/h1-4,7-8H,5-6H2. The number of alkyl halides is 1. The molecule has 0 N–H and O–H groups in total. The summed E-state index contributed by atoms with van der Waals surface area (Å²) in [5.41, 5.74) is 2.98. The number of imidazole rings is 1. The maximum absolute atomic E-state index is 6.04. The number of benzene rings is 2. The third-order valence-electron chi connectivity index (χ3n) is 3.15. The Balaban J connectivity index is 2.32. The summed E-state index contributed by atoms with van der Waals surface area (Å²) in [7, 11) is 0. The number of fused-ring (bicyclic) bond motifs is 1. The van der Waals surface area contributed by atoms with Gasteiger partial charge in [0.05, 0.1) is 16.7 Å². The lowest BCUT2D eigenvalue weighted by molar-refractivity contribution is 0.909. The van der Waals surface area contributed by atoms with Gasteiger partial charge in [0.25, 0.3) is 0 Å². The Kier molecular flexibility index (Phi) is 4.60. The topological polar surface area (TPSA) is 17.8 Å². The van der Waals surface area contributed by atoms with Crippen LogP contribution in [0.5, 0.6) is 0 Å². The van der Waals surface area contributed by atoms with Crippen molar-refractivity contribution in [3.8, 4) is 5.69 Å². The summed E-state index contributed by atoms with van der Waals surface area (Å²) in [6, 6.07) is 11.8. The second-order valence-corrected chi connectivity index (χ2v) is 7.12. The summed E-state index contributed by atoms with van der Waals surface area (Å²) in [6.45, 7) is 0. The third-order valence-corrected chi connectivity index (χ3v) is 4.71. The lowest BCUT2D eigenvalue weighted by atomic mass is 10.2. The van der Waals surface area contributed by atoms with Gasteiger partial charge in [0.1, 0.15) is 5.82 Å². The molecule has 2 aromatic carbocycles. The molecule has 0 radical (unpaired) electrons. The fourth-order valence-corrected chi connectivity index (χ4v) is 3.66. The fourth-order valence-electron chi connectivity index (χ4n) is 2.28. The molecule has 6 heteroatoms. The highest BCUT2D eigenvalue weighted by Gasteiger charge is 2.14. The lowest BCUT2D eigenvalue weighted by Gasteiger charge is -2.11. The predicted molar refractivity (Wildman–Crippen MR) is 95.9 cm³/mol. The van der Waals surface area contributed by atoms with Gasteiger partial charge in [0.15, 0.2) is 0 Å². The van der Waals surface area contributed by atoms with Crippen LogP contribution in [-0.2, 0) is 6.42 Å². The second kappa shape index (κ2) is 6.29. The molecule has 0 saturated heterocycles. The number of hydrogen-bond donors (Lipinski definition) is 0. The van der Waals surface area contributed by atoms with Crippen LogP contribution in [0.15, 0.2) is 45.3 Å². The maximum Gasteiger partial charge on any atom is 0.115 e. The third kappa shape index (κ3) is 3.00. The molecule has 108 valence electrons. The van der Waals surface area contributed by atoms with Crippen molar-refractivity contribution in [3.63, 3.8) is 0 Å². The highest BCUT2D eigenvalue weighted by atomic mass is 79.9. The Bertz CT molecular complexity index is 815. The molecule has 3 aromatic rings. The van der Waals surface area contributed by atoms with Crippen LogP contribution in [0.4, 0.5) is 0 Å². The second-order valence-electron chi connectivity index (χ2n) is 4.53. The van der Waals surface area contributed by atoms with Crippen molar-refractivity contribution in [1.29, 1.82) is 0 Å². The molecule has 3 rings (SSSR count). The van der Waals surface area contributed by atoms with E-state index in [1.54, 1.807) is 0 Å². The van der Waals surface area contributed by atoms with Crippen molar-refractivity contribution in [2.75, 3.05) is 5.88 Å². The SMILES string of the molecule is ClCCc1nc2ccc(Br)cc2n1-c1ccc(Cl)cc1Br. The highest BCUT2D eigenvalue weighted by Crippen LogP contribution is 2.31. The van der Waals surface area contributed by atoms with Gasteiger partial charge in [0, 0.05) is 26.3 Å². The van der Waals surface area contributed by atoms with E-state index in [4.69, 9.17) is 23.2 Å².